The molecule has 0 atom stereocenters. The van der Waals surface area contributed by atoms with Crippen molar-refractivity contribution in [3.05, 3.63) is 28.5 Å². The number of nitrogens with zero attached hydrogens (tertiary/aromatic N) is 1. The van der Waals surface area contributed by atoms with Gasteiger partial charge in [-0.3, -0.25) is 9.59 Å². The van der Waals surface area contributed by atoms with Crippen molar-refractivity contribution in [2.75, 3.05) is 13.2 Å². The summed E-state index contributed by atoms with van der Waals surface area (Å²) in [4.78, 5) is 24.1. The molecule has 0 aliphatic heterocycles. The summed E-state index contributed by atoms with van der Waals surface area (Å²) in [5.74, 6) is -2.30. The van der Waals surface area contributed by atoms with E-state index in [1.807, 2.05) is 0 Å². The van der Waals surface area contributed by atoms with Crippen molar-refractivity contribution in [2.24, 2.45) is 0 Å². The van der Waals surface area contributed by atoms with E-state index in [1.165, 1.54) is 17.0 Å². The van der Waals surface area contributed by atoms with Gasteiger partial charge < -0.3 is 14.7 Å². The van der Waals surface area contributed by atoms with Crippen LogP contribution in [0.1, 0.15) is 20.8 Å². The van der Waals surface area contributed by atoms with E-state index < -0.39 is 36.4 Å². The monoisotopic (exact) mass is 361 g/mol. The maximum absolute atomic E-state index is 13.6. The van der Waals surface area contributed by atoms with E-state index in [9.17, 15) is 14.0 Å². The molecule has 116 valence electrons. The van der Waals surface area contributed by atoms with Gasteiger partial charge in [-0.15, -0.1) is 0 Å². The first kappa shape index (κ1) is 17.4. The van der Waals surface area contributed by atoms with Crippen LogP contribution in [0.25, 0.3) is 0 Å². The van der Waals surface area contributed by atoms with Crippen molar-refractivity contribution >= 4 is 27.8 Å². The lowest BCUT2D eigenvalue weighted by atomic mass is 10.1. The Morgan fingerprint density at radius 1 is 1.38 bits per heavy atom. The van der Waals surface area contributed by atoms with Crippen LogP contribution in [0.3, 0.4) is 0 Å². The molecule has 21 heavy (non-hydrogen) atoms. The van der Waals surface area contributed by atoms with Crippen LogP contribution in [0.5, 0.6) is 5.75 Å². The zero-order valence-electron chi connectivity index (χ0n) is 12.0. The minimum Gasteiger partial charge on any atom is -0.481 e. The van der Waals surface area contributed by atoms with Crippen LogP contribution in [0.4, 0.5) is 4.39 Å². The highest BCUT2D eigenvalue weighted by Crippen LogP contribution is 2.22. The van der Waals surface area contributed by atoms with Crippen LogP contribution in [-0.2, 0) is 9.59 Å². The number of halogens is 2. The highest BCUT2D eigenvalue weighted by atomic mass is 79.9. The zero-order valence-corrected chi connectivity index (χ0v) is 13.6. The van der Waals surface area contributed by atoms with Crippen molar-refractivity contribution in [3.63, 3.8) is 0 Å². The number of aliphatic carboxylic acids is 1. The molecule has 0 saturated carbocycles. The SMILES string of the molecule is CC(C)(C)N(CC(=O)O)C(=O)COc1ccc(Br)cc1F. The van der Waals surface area contributed by atoms with Gasteiger partial charge in [0.25, 0.3) is 5.91 Å². The number of benzene rings is 1. The number of hydrogen-bond acceptors (Lipinski definition) is 3. The zero-order chi connectivity index (χ0) is 16.2. The van der Waals surface area contributed by atoms with E-state index in [0.29, 0.717) is 4.47 Å². The Morgan fingerprint density at radius 2 is 2.00 bits per heavy atom. The number of ether oxygens (including phenoxy) is 1. The van der Waals surface area contributed by atoms with Gasteiger partial charge in [0, 0.05) is 10.0 Å². The Morgan fingerprint density at radius 3 is 2.48 bits per heavy atom. The van der Waals surface area contributed by atoms with Gasteiger partial charge in [0.2, 0.25) is 0 Å². The number of carbonyl (C=O) groups is 2. The van der Waals surface area contributed by atoms with E-state index in [-0.39, 0.29) is 5.75 Å². The third-order valence-corrected chi connectivity index (χ3v) is 3.14. The van der Waals surface area contributed by atoms with Gasteiger partial charge in [-0.2, -0.15) is 0 Å². The molecule has 0 aliphatic carbocycles. The predicted molar refractivity (Wildman–Crippen MR) is 78.7 cm³/mol. The summed E-state index contributed by atoms with van der Waals surface area (Å²) in [6.45, 7) is 4.29. The molecule has 0 fully saturated rings. The minimum absolute atomic E-state index is 0.0595. The summed E-state index contributed by atoms with van der Waals surface area (Å²) in [6, 6.07) is 4.20. The van der Waals surface area contributed by atoms with Crippen LogP contribution in [0.2, 0.25) is 0 Å². The Labute approximate surface area is 130 Å². The van der Waals surface area contributed by atoms with Gasteiger partial charge in [0.05, 0.1) is 0 Å². The van der Waals surface area contributed by atoms with E-state index in [4.69, 9.17) is 9.84 Å². The molecule has 0 saturated heterocycles. The summed E-state index contributed by atoms with van der Waals surface area (Å²) >= 11 is 3.12. The lowest BCUT2D eigenvalue weighted by molar-refractivity contribution is -0.149. The number of carboxylic acids is 1. The van der Waals surface area contributed by atoms with E-state index in [1.54, 1.807) is 26.8 Å². The van der Waals surface area contributed by atoms with Gasteiger partial charge in [-0.1, -0.05) is 15.9 Å². The van der Waals surface area contributed by atoms with E-state index in [0.717, 1.165) is 0 Å². The second-order valence-corrected chi connectivity index (χ2v) is 6.32. The fourth-order valence-electron chi connectivity index (χ4n) is 1.64. The molecule has 1 rings (SSSR count). The van der Waals surface area contributed by atoms with Gasteiger partial charge in [0.1, 0.15) is 6.54 Å². The molecule has 5 nitrogen and oxygen atoms in total. The Balaban J connectivity index is 2.76. The number of rotatable bonds is 5. The molecular formula is C14H17BrFNO4. The second kappa shape index (κ2) is 6.89. The van der Waals surface area contributed by atoms with Crippen molar-refractivity contribution in [3.8, 4) is 5.75 Å². The summed E-state index contributed by atoms with van der Waals surface area (Å²) in [5.41, 5.74) is -0.670. The molecule has 1 aromatic carbocycles. The maximum Gasteiger partial charge on any atom is 0.323 e. The Bertz CT molecular complexity index is 542. The highest BCUT2D eigenvalue weighted by molar-refractivity contribution is 9.10. The first-order valence-corrected chi connectivity index (χ1v) is 7.00. The standard InChI is InChI=1S/C14H17BrFNO4/c1-14(2,3)17(7-13(19)20)12(18)8-21-11-5-4-9(15)6-10(11)16/h4-6H,7-8H2,1-3H3,(H,19,20). The quantitative estimate of drug-likeness (QED) is 0.875. The van der Waals surface area contributed by atoms with Gasteiger partial charge >= 0.3 is 5.97 Å². The minimum atomic E-state index is -1.12. The molecule has 0 unspecified atom stereocenters. The summed E-state index contributed by atoms with van der Waals surface area (Å²) < 4.78 is 19.3. The predicted octanol–water partition coefficient (Wildman–Crippen LogP) is 2.68. The summed E-state index contributed by atoms with van der Waals surface area (Å²) in [6.07, 6.45) is 0. The first-order valence-electron chi connectivity index (χ1n) is 6.21. The smallest absolute Gasteiger partial charge is 0.323 e. The van der Waals surface area contributed by atoms with Crippen LogP contribution in [0.15, 0.2) is 22.7 Å². The van der Waals surface area contributed by atoms with Crippen LogP contribution in [-0.4, -0.2) is 40.6 Å². The lowest BCUT2D eigenvalue weighted by Gasteiger charge is -2.34. The number of hydrogen-bond donors (Lipinski definition) is 1. The lowest BCUT2D eigenvalue weighted by Crippen LogP contribution is -2.50. The molecule has 1 N–H and O–H groups in total. The highest BCUT2D eigenvalue weighted by Gasteiger charge is 2.28. The number of amides is 1. The van der Waals surface area contributed by atoms with Gasteiger partial charge in [-0.05, 0) is 39.0 Å². The molecule has 1 aromatic rings. The molecular weight excluding hydrogens is 345 g/mol. The van der Waals surface area contributed by atoms with Crippen LogP contribution in [0, 0.1) is 5.82 Å². The largest absolute Gasteiger partial charge is 0.481 e. The Kier molecular flexibility index (Phi) is 5.71. The van der Waals surface area contributed by atoms with Crippen LogP contribution >= 0.6 is 15.9 Å². The third kappa shape index (κ3) is 5.34. The normalized spacial score (nSPS) is 11.1. The Hall–Kier alpha value is -1.63. The second-order valence-electron chi connectivity index (χ2n) is 5.41. The number of carbonyl (C=O) groups excluding carboxylic acids is 1. The molecule has 7 heteroatoms. The number of carboxylic acid groups (broad SMARTS) is 1. The summed E-state index contributed by atoms with van der Waals surface area (Å²) in [7, 11) is 0. The third-order valence-electron chi connectivity index (χ3n) is 2.65. The van der Waals surface area contributed by atoms with E-state index in [2.05, 4.69) is 15.9 Å². The molecule has 0 spiro atoms. The average molecular weight is 362 g/mol. The van der Waals surface area contributed by atoms with Gasteiger partial charge in [-0.25, -0.2) is 4.39 Å². The molecule has 0 bridgehead atoms. The molecule has 0 aliphatic rings. The fourth-order valence-corrected chi connectivity index (χ4v) is 1.98. The molecule has 0 heterocycles. The maximum atomic E-state index is 13.6. The van der Waals surface area contributed by atoms with Crippen LogP contribution < -0.4 is 4.74 Å². The van der Waals surface area contributed by atoms with Crippen molar-refractivity contribution in [1.82, 2.24) is 4.90 Å². The van der Waals surface area contributed by atoms with Crippen molar-refractivity contribution in [1.29, 1.82) is 0 Å². The average Bonchev–Trinajstić information content (AvgIpc) is 2.33. The topological polar surface area (TPSA) is 66.8 Å². The summed E-state index contributed by atoms with van der Waals surface area (Å²) in [5, 5.41) is 8.86. The van der Waals surface area contributed by atoms with Gasteiger partial charge in [0.15, 0.2) is 18.2 Å². The van der Waals surface area contributed by atoms with Crippen molar-refractivity contribution in [2.45, 2.75) is 26.3 Å². The fraction of sp³-hybridized carbons (Fsp3) is 0.429. The van der Waals surface area contributed by atoms with E-state index >= 15 is 0 Å². The molecule has 0 aromatic heterocycles. The molecule has 1 amide bonds. The van der Waals surface area contributed by atoms with Crippen molar-refractivity contribution < 1.29 is 23.8 Å². The molecule has 0 radical (unpaired) electrons. The first-order chi connectivity index (χ1) is 9.61.